The SMILES string of the molecule is N=C/C(=C\N)c1ccc(Nc2nc(-c3cccc(OCC(=O)NC4CCC4)c3)nc3c2CNCC3)cc1. The van der Waals surface area contributed by atoms with E-state index in [2.05, 4.69) is 16.0 Å². The minimum atomic E-state index is -0.0974. The van der Waals surface area contributed by atoms with E-state index in [4.69, 9.17) is 25.8 Å². The summed E-state index contributed by atoms with van der Waals surface area (Å²) in [4.78, 5) is 21.9. The van der Waals surface area contributed by atoms with Gasteiger partial charge in [-0.1, -0.05) is 24.3 Å². The molecule has 3 aromatic rings. The van der Waals surface area contributed by atoms with Crippen molar-refractivity contribution in [2.75, 3.05) is 18.5 Å². The molecule has 37 heavy (non-hydrogen) atoms. The highest BCUT2D eigenvalue weighted by molar-refractivity contribution is 6.08. The number of nitrogens with two attached hydrogens (primary N) is 1. The Labute approximate surface area is 216 Å². The molecule has 9 nitrogen and oxygen atoms in total. The molecule has 0 atom stereocenters. The number of allylic oxidation sites excluding steroid dienone is 1. The third kappa shape index (κ3) is 5.78. The van der Waals surface area contributed by atoms with Gasteiger partial charge in [0.15, 0.2) is 12.4 Å². The summed E-state index contributed by atoms with van der Waals surface area (Å²) < 4.78 is 5.76. The van der Waals surface area contributed by atoms with E-state index in [1.807, 2.05) is 48.5 Å². The average Bonchev–Trinajstić information content (AvgIpc) is 2.91. The predicted molar refractivity (Wildman–Crippen MR) is 145 cm³/mol. The Morgan fingerprint density at radius 1 is 1.19 bits per heavy atom. The van der Waals surface area contributed by atoms with Crippen molar-refractivity contribution in [1.82, 2.24) is 20.6 Å². The Morgan fingerprint density at radius 2 is 2.03 bits per heavy atom. The standard InChI is InChI=1S/C28H31N7O2/c29-14-20(15-30)18-7-9-22(10-8-18)33-28-24-16-31-12-11-25(24)34-27(35-28)19-3-1-6-23(13-19)37-17-26(36)32-21-4-2-5-21/h1,3,6-10,13-15,21,29,31H,2,4-5,11-12,16-17,30H2,(H,32,36)(H,33,34,35)/b20-15+,29-14?. The first kappa shape index (κ1) is 24.5. The fourth-order valence-electron chi connectivity index (χ4n) is 4.38. The van der Waals surface area contributed by atoms with Crippen molar-refractivity contribution in [2.24, 2.45) is 5.73 Å². The molecule has 2 heterocycles. The fourth-order valence-corrected chi connectivity index (χ4v) is 4.38. The van der Waals surface area contributed by atoms with Gasteiger partial charge in [0, 0.05) is 60.4 Å². The smallest absolute Gasteiger partial charge is 0.258 e. The van der Waals surface area contributed by atoms with Gasteiger partial charge >= 0.3 is 0 Å². The Morgan fingerprint density at radius 3 is 2.76 bits per heavy atom. The zero-order valence-electron chi connectivity index (χ0n) is 20.6. The molecule has 0 spiro atoms. The zero-order valence-corrected chi connectivity index (χ0v) is 20.6. The van der Waals surface area contributed by atoms with Crippen LogP contribution >= 0.6 is 0 Å². The lowest BCUT2D eigenvalue weighted by atomic mass is 9.93. The maximum Gasteiger partial charge on any atom is 0.258 e. The monoisotopic (exact) mass is 497 g/mol. The molecule has 1 aromatic heterocycles. The molecule has 5 rings (SSSR count). The van der Waals surface area contributed by atoms with Crippen LogP contribution in [0, 0.1) is 5.41 Å². The quantitative estimate of drug-likeness (QED) is 0.285. The third-order valence-corrected chi connectivity index (χ3v) is 6.68. The molecule has 190 valence electrons. The maximum absolute atomic E-state index is 12.2. The first-order valence-electron chi connectivity index (χ1n) is 12.6. The van der Waals surface area contributed by atoms with E-state index < -0.39 is 0 Å². The second kappa shape index (κ2) is 11.2. The van der Waals surface area contributed by atoms with Gasteiger partial charge < -0.3 is 31.8 Å². The van der Waals surface area contributed by atoms with Crippen molar-refractivity contribution >= 4 is 29.2 Å². The number of amides is 1. The summed E-state index contributed by atoms with van der Waals surface area (Å²) in [6, 6.07) is 15.5. The van der Waals surface area contributed by atoms with E-state index in [1.54, 1.807) is 0 Å². The number of aromatic nitrogens is 2. The second-order valence-corrected chi connectivity index (χ2v) is 9.23. The predicted octanol–water partition coefficient (Wildman–Crippen LogP) is 3.53. The Kier molecular flexibility index (Phi) is 7.41. The molecule has 2 aliphatic rings. The normalized spacial score (nSPS) is 15.3. The molecule has 1 aliphatic carbocycles. The van der Waals surface area contributed by atoms with Gasteiger partial charge in [-0.05, 0) is 49.1 Å². The molecular weight excluding hydrogens is 466 g/mol. The van der Waals surface area contributed by atoms with Crippen LogP contribution in [0.15, 0.2) is 54.7 Å². The summed E-state index contributed by atoms with van der Waals surface area (Å²) in [5, 5.41) is 17.3. The van der Waals surface area contributed by atoms with Crippen LogP contribution in [0.5, 0.6) is 5.75 Å². The minimum absolute atomic E-state index is 0.0154. The molecule has 1 aliphatic heterocycles. The third-order valence-electron chi connectivity index (χ3n) is 6.68. The highest BCUT2D eigenvalue weighted by Gasteiger charge is 2.20. The summed E-state index contributed by atoms with van der Waals surface area (Å²) in [6.07, 6.45) is 6.72. The van der Waals surface area contributed by atoms with E-state index in [0.717, 1.165) is 59.7 Å². The number of rotatable bonds is 9. The van der Waals surface area contributed by atoms with Crippen LogP contribution in [0.4, 0.5) is 11.5 Å². The lowest BCUT2D eigenvalue weighted by Gasteiger charge is -2.26. The number of fused-ring (bicyclic) bond motifs is 1. The molecule has 1 fully saturated rings. The van der Waals surface area contributed by atoms with Crippen molar-refractivity contribution in [1.29, 1.82) is 5.41 Å². The van der Waals surface area contributed by atoms with Crippen LogP contribution in [0.25, 0.3) is 17.0 Å². The first-order chi connectivity index (χ1) is 18.1. The van der Waals surface area contributed by atoms with E-state index in [-0.39, 0.29) is 18.6 Å². The van der Waals surface area contributed by atoms with E-state index in [1.165, 1.54) is 18.8 Å². The molecule has 9 heteroatoms. The van der Waals surface area contributed by atoms with Crippen molar-refractivity contribution in [2.45, 2.75) is 38.3 Å². The van der Waals surface area contributed by atoms with Crippen LogP contribution in [-0.2, 0) is 17.8 Å². The summed E-state index contributed by atoms with van der Waals surface area (Å²) >= 11 is 0. The number of hydrogen-bond donors (Lipinski definition) is 5. The molecule has 0 bridgehead atoms. The van der Waals surface area contributed by atoms with Gasteiger partial charge in [0.1, 0.15) is 11.6 Å². The highest BCUT2D eigenvalue weighted by Crippen LogP contribution is 2.29. The topological polar surface area (TPSA) is 138 Å². The minimum Gasteiger partial charge on any atom is -0.484 e. The van der Waals surface area contributed by atoms with Crippen LogP contribution in [0.3, 0.4) is 0 Å². The molecule has 1 amide bonds. The second-order valence-electron chi connectivity index (χ2n) is 9.23. The molecule has 1 saturated carbocycles. The maximum atomic E-state index is 12.2. The average molecular weight is 498 g/mol. The number of carbonyl (C=O) groups excluding carboxylic acids is 1. The van der Waals surface area contributed by atoms with Gasteiger partial charge in [-0.25, -0.2) is 9.97 Å². The summed E-state index contributed by atoms with van der Waals surface area (Å²) in [7, 11) is 0. The van der Waals surface area contributed by atoms with Crippen LogP contribution < -0.4 is 26.4 Å². The fraction of sp³-hybridized carbons (Fsp3) is 0.286. The Balaban J connectivity index is 1.36. The van der Waals surface area contributed by atoms with Gasteiger partial charge in [-0.2, -0.15) is 0 Å². The van der Waals surface area contributed by atoms with Crippen molar-refractivity contribution < 1.29 is 9.53 Å². The number of hydrogen-bond acceptors (Lipinski definition) is 8. The van der Waals surface area contributed by atoms with E-state index in [9.17, 15) is 4.79 Å². The Hall–Kier alpha value is -4.24. The largest absolute Gasteiger partial charge is 0.484 e. The lowest BCUT2D eigenvalue weighted by Crippen LogP contribution is -2.41. The number of nitrogens with one attached hydrogen (secondary N) is 4. The molecule has 0 saturated heterocycles. The van der Waals surface area contributed by atoms with Gasteiger partial charge in [0.2, 0.25) is 0 Å². The van der Waals surface area contributed by atoms with Crippen molar-refractivity contribution in [3.63, 3.8) is 0 Å². The van der Waals surface area contributed by atoms with Crippen LogP contribution in [0.1, 0.15) is 36.1 Å². The lowest BCUT2D eigenvalue weighted by molar-refractivity contribution is -0.124. The van der Waals surface area contributed by atoms with E-state index in [0.29, 0.717) is 23.7 Å². The number of ether oxygens (including phenoxy) is 1. The summed E-state index contributed by atoms with van der Waals surface area (Å²) in [5.74, 6) is 1.85. The Bertz CT molecular complexity index is 1320. The van der Waals surface area contributed by atoms with E-state index >= 15 is 0 Å². The van der Waals surface area contributed by atoms with Crippen LogP contribution in [0.2, 0.25) is 0 Å². The van der Waals surface area contributed by atoms with Crippen molar-refractivity contribution in [3.05, 3.63) is 71.6 Å². The van der Waals surface area contributed by atoms with Gasteiger partial charge in [0.25, 0.3) is 5.91 Å². The van der Waals surface area contributed by atoms with Crippen molar-refractivity contribution in [3.8, 4) is 17.1 Å². The molecule has 6 N–H and O–H groups in total. The molecule has 0 unspecified atom stereocenters. The zero-order chi connectivity index (χ0) is 25.6. The number of nitrogens with zero attached hydrogens (tertiary/aromatic N) is 2. The number of anilines is 2. The van der Waals surface area contributed by atoms with Gasteiger partial charge in [0.05, 0.1) is 5.69 Å². The van der Waals surface area contributed by atoms with Gasteiger partial charge in [-0.3, -0.25) is 4.79 Å². The first-order valence-corrected chi connectivity index (χ1v) is 12.6. The number of benzene rings is 2. The highest BCUT2D eigenvalue weighted by atomic mass is 16.5. The summed E-state index contributed by atoms with van der Waals surface area (Å²) in [5.41, 5.74) is 10.9. The van der Waals surface area contributed by atoms with Gasteiger partial charge in [-0.15, -0.1) is 0 Å². The molecule has 0 radical (unpaired) electrons. The van der Waals surface area contributed by atoms with Crippen LogP contribution in [-0.4, -0.2) is 41.3 Å². The molecule has 2 aromatic carbocycles. The number of carbonyl (C=O) groups is 1. The molecular formula is C28H31N7O2. The summed E-state index contributed by atoms with van der Waals surface area (Å²) in [6.45, 7) is 1.52.